The van der Waals surface area contributed by atoms with Gasteiger partial charge in [-0.05, 0) is 38.3 Å². The lowest BCUT2D eigenvalue weighted by Crippen LogP contribution is -2.44. The Morgan fingerprint density at radius 1 is 1.32 bits per heavy atom. The molecule has 2 atom stereocenters. The molecule has 1 heterocycles. The van der Waals surface area contributed by atoms with Crippen molar-refractivity contribution < 1.29 is 13.5 Å². The van der Waals surface area contributed by atoms with E-state index in [0.29, 0.717) is 17.9 Å². The van der Waals surface area contributed by atoms with Gasteiger partial charge in [-0.3, -0.25) is 0 Å². The van der Waals surface area contributed by atoms with Gasteiger partial charge < -0.3 is 5.11 Å². The van der Waals surface area contributed by atoms with Crippen LogP contribution in [0.4, 0.5) is 0 Å². The molecule has 0 saturated carbocycles. The third-order valence-corrected chi connectivity index (χ3v) is 5.50. The Balaban J connectivity index is 2.26. The molecule has 19 heavy (non-hydrogen) atoms. The van der Waals surface area contributed by atoms with Crippen molar-refractivity contribution in [2.45, 2.75) is 49.6 Å². The molecule has 0 radical (unpaired) electrons. The quantitative estimate of drug-likeness (QED) is 0.919. The lowest BCUT2D eigenvalue weighted by Gasteiger charge is -2.35. The minimum absolute atomic E-state index is 0.0843. The van der Waals surface area contributed by atoms with Crippen molar-refractivity contribution in [1.82, 2.24) is 4.31 Å². The maximum absolute atomic E-state index is 12.6. The zero-order chi connectivity index (χ0) is 13.9. The highest BCUT2D eigenvalue weighted by Gasteiger charge is 2.33. The van der Waals surface area contributed by atoms with Crippen LogP contribution in [0.2, 0.25) is 0 Å². The average Bonchev–Trinajstić information content (AvgIpc) is 2.39. The van der Waals surface area contributed by atoms with Gasteiger partial charge >= 0.3 is 0 Å². The predicted molar refractivity (Wildman–Crippen MR) is 74.3 cm³/mol. The van der Waals surface area contributed by atoms with Crippen LogP contribution in [0.15, 0.2) is 35.2 Å². The van der Waals surface area contributed by atoms with E-state index in [1.54, 1.807) is 35.5 Å². The Kier molecular flexibility index (Phi) is 4.60. The molecule has 1 aromatic carbocycles. The zero-order valence-corrected chi connectivity index (χ0v) is 12.0. The molecule has 0 bridgehead atoms. The van der Waals surface area contributed by atoms with E-state index in [0.717, 1.165) is 19.3 Å². The first-order valence-corrected chi connectivity index (χ1v) is 8.21. The maximum Gasteiger partial charge on any atom is 0.243 e. The maximum atomic E-state index is 12.6. The Morgan fingerprint density at radius 2 is 2.00 bits per heavy atom. The molecule has 0 aromatic heterocycles. The van der Waals surface area contributed by atoms with E-state index in [1.165, 1.54) is 0 Å². The number of benzene rings is 1. The first kappa shape index (κ1) is 14.5. The van der Waals surface area contributed by atoms with Crippen LogP contribution in [0.5, 0.6) is 0 Å². The van der Waals surface area contributed by atoms with Gasteiger partial charge in [-0.2, -0.15) is 4.31 Å². The third kappa shape index (κ3) is 3.35. The predicted octanol–water partition coefficient (Wildman–Crippen LogP) is 2.00. The Morgan fingerprint density at radius 3 is 2.63 bits per heavy atom. The van der Waals surface area contributed by atoms with Gasteiger partial charge in [0.05, 0.1) is 11.0 Å². The molecule has 0 amide bonds. The molecular formula is C14H21NO3S. The summed E-state index contributed by atoms with van der Waals surface area (Å²) in [6, 6.07) is 8.45. The summed E-state index contributed by atoms with van der Waals surface area (Å²) in [7, 11) is -3.43. The molecule has 1 aliphatic rings. The van der Waals surface area contributed by atoms with E-state index in [2.05, 4.69) is 0 Å². The normalized spacial score (nSPS) is 23.2. The van der Waals surface area contributed by atoms with Crippen LogP contribution in [0.25, 0.3) is 0 Å². The molecule has 1 aromatic rings. The van der Waals surface area contributed by atoms with Crippen molar-refractivity contribution in [1.29, 1.82) is 0 Å². The van der Waals surface area contributed by atoms with E-state index >= 15 is 0 Å². The fraction of sp³-hybridized carbons (Fsp3) is 0.571. The van der Waals surface area contributed by atoms with Crippen LogP contribution in [0.1, 0.15) is 32.6 Å². The van der Waals surface area contributed by atoms with Gasteiger partial charge in [0.2, 0.25) is 10.0 Å². The van der Waals surface area contributed by atoms with Crippen LogP contribution in [0.3, 0.4) is 0 Å². The lowest BCUT2D eigenvalue weighted by atomic mass is 10.00. The van der Waals surface area contributed by atoms with Crippen molar-refractivity contribution in [3.63, 3.8) is 0 Å². The average molecular weight is 283 g/mol. The summed E-state index contributed by atoms with van der Waals surface area (Å²) in [5.74, 6) is 0. The molecule has 2 rings (SSSR count). The number of rotatable bonds is 4. The van der Waals surface area contributed by atoms with E-state index in [4.69, 9.17) is 0 Å². The van der Waals surface area contributed by atoms with Gasteiger partial charge in [0, 0.05) is 12.6 Å². The van der Waals surface area contributed by atoms with Gasteiger partial charge in [-0.15, -0.1) is 0 Å². The van der Waals surface area contributed by atoms with Crippen molar-refractivity contribution in [2.75, 3.05) is 6.54 Å². The highest BCUT2D eigenvalue weighted by Crippen LogP contribution is 2.27. The van der Waals surface area contributed by atoms with Gasteiger partial charge in [-0.1, -0.05) is 24.6 Å². The summed E-state index contributed by atoms with van der Waals surface area (Å²) in [5, 5.41) is 9.54. The molecule has 1 N–H and O–H groups in total. The van der Waals surface area contributed by atoms with Crippen molar-refractivity contribution in [3.8, 4) is 0 Å². The second-order valence-corrected chi connectivity index (χ2v) is 7.05. The summed E-state index contributed by atoms with van der Waals surface area (Å²) in [4.78, 5) is 0.340. The van der Waals surface area contributed by atoms with Gasteiger partial charge in [0.1, 0.15) is 0 Å². The third-order valence-electron chi connectivity index (χ3n) is 3.54. The highest BCUT2D eigenvalue weighted by atomic mass is 32.2. The number of hydrogen-bond donors (Lipinski definition) is 1. The fourth-order valence-corrected chi connectivity index (χ4v) is 4.37. The first-order chi connectivity index (χ1) is 9.01. The molecule has 2 unspecified atom stereocenters. The number of hydrogen-bond acceptors (Lipinski definition) is 3. The fourth-order valence-electron chi connectivity index (χ4n) is 2.65. The molecular weight excluding hydrogens is 262 g/mol. The van der Waals surface area contributed by atoms with Gasteiger partial charge in [0.15, 0.2) is 0 Å². The number of aliphatic hydroxyl groups excluding tert-OH is 1. The Bertz CT molecular complexity index is 499. The molecule has 5 heteroatoms. The van der Waals surface area contributed by atoms with Gasteiger partial charge in [-0.25, -0.2) is 8.42 Å². The molecule has 0 spiro atoms. The topological polar surface area (TPSA) is 57.6 Å². The number of sulfonamides is 1. The Hall–Kier alpha value is -0.910. The Labute approximate surface area is 115 Å². The smallest absolute Gasteiger partial charge is 0.243 e. The van der Waals surface area contributed by atoms with E-state index < -0.39 is 16.1 Å². The zero-order valence-electron chi connectivity index (χ0n) is 11.2. The summed E-state index contributed by atoms with van der Waals surface area (Å²) in [6.07, 6.45) is 2.78. The SMILES string of the molecule is CC(O)CC1CCCCN1S(=O)(=O)c1ccccc1. The minimum Gasteiger partial charge on any atom is -0.393 e. The molecule has 1 aliphatic heterocycles. The summed E-state index contributed by atoms with van der Waals surface area (Å²) in [5.41, 5.74) is 0. The summed E-state index contributed by atoms with van der Waals surface area (Å²) in [6.45, 7) is 2.26. The van der Waals surface area contributed by atoms with Gasteiger partial charge in [0.25, 0.3) is 0 Å². The largest absolute Gasteiger partial charge is 0.393 e. The molecule has 1 saturated heterocycles. The second-order valence-electron chi connectivity index (χ2n) is 5.16. The molecule has 106 valence electrons. The van der Waals surface area contributed by atoms with Crippen molar-refractivity contribution in [2.24, 2.45) is 0 Å². The molecule has 0 aliphatic carbocycles. The van der Waals surface area contributed by atoms with Crippen molar-refractivity contribution in [3.05, 3.63) is 30.3 Å². The van der Waals surface area contributed by atoms with E-state index in [-0.39, 0.29) is 6.04 Å². The van der Waals surface area contributed by atoms with Crippen molar-refractivity contribution >= 4 is 10.0 Å². The van der Waals surface area contributed by atoms with Crippen LogP contribution in [0, 0.1) is 0 Å². The minimum atomic E-state index is -3.43. The second kappa shape index (κ2) is 6.03. The number of piperidine rings is 1. The molecule has 4 nitrogen and oxygen atoms in total. The van der Waals surface area contributed by atoms with E-state index in [9.17, 15) is 13.5 Å². The number of nitrogens with zero attached hydrogens (tertiary/aromatic N) is 1. The van der Waals surface area contributed by atoms with Crippen LogP contribution in [-0.4, -0.2) is 36.5 Å². The highest BCUT2D eigenvalue weighted by molar-refractivity contribution is 7.89. The first-order valence-electron chi connectivity index (χ1n) is 6.77. The standard InChI is InChI=1S/C14H21NO3S/c1-12(16)11-13-7-5-6-10-15(13)19(17,18)14-8-3-2-4-9-14/h2-4,8-9,12-13,16H,5-7,10-11H2,1H3. The number of aliphatic hydroxyl groups is 1. The summed E-state index contributed by atoms with van der Waals surface area (Å²) >= 11 is 0. The van der Waals surface area contributed by atoms with Crippen LogP contribution in [-0.2, 0) is 10.0 Å². The van der Waals surface area contributed by atoms with E-state index in [1.807, 2.05) is 6.07 Å². The molecule has 1 fully saturated rings. The lowest BCUT2D eigenvalue weighted by molar-refractivity contribution is 0.132. The van der Waals surface area contributed by atoms with Crippen LogP contribution < -0.4 is 0 Å². The summed E-state index contributed by atoms with van der Waals surface area (Å²) < 4.78 is 26.8. The monoisotopic (exact) mass is 283 g/mol. The van der Waals surface area contributed by atoms with Crippen LogP contribution >= 0.6 is 0 Å².